The lowest BCUT2D eigenvalue weighted by atomic mass is 10.3. The number of rotatable bonds is 3. The van der Waals surface area contributed by atoms with Gasteiger partial charge in [-0.25, -0.2) is 0 Å². The topological polar surface area (TPSA) is 69.2 Å². The molecule has 0 aliphatic rings. The number of carbonyl (C=O) groups is 2. The Balaban J connectivity index is 2.88. The molecule has 74 valence electrons. The van der Waals surface area contributed by atoms with Crippen molar-refractivity contribution >= 4 is 29.3 Å². The van der Waals surface area contributed by atoms with Gasteiger partial charge in [0.1, 0.15) is 0 Å². The predicted octanol–water partition coefficient (Wildman–Crippen LogP) is -0.0250. The number of aliphatic carboxylic acids is 1. The smallest absolute Gasteiger partial charge is 0.221 e. The molecule has 1 amide bonds. The van der Waals surface area contributed by atoms with Crippen LogP contribution in [0.15, 0.2) is 23.2 Å². The van der Waals surface area contributed by atoms with Gasteiger partial charge in [0.15, 0.2) is 0 Å². The highest BCUT2D eigenvalue weighted by atomic mass is 32.1. The highest BCUT2D eigenvalue weighted by Crippen LogP contribution is 2.11. The second-order valence-corrected chi connectivity index (χ2v) is 3.52. The summed E-state index contributed by atoms with van der Waals surface area (Å²) in [5.41, 5.74) is -0.222. The number of carbonyl (C=O) groups excluding carboxylic acids is 2. The molecule has 1 heterocycles. The molecular weight excluding hydrogens is 202 g/mol. The average molecular weight is 210 g/mol. The molecule has 0 bridgehead atoms. The first kappa shape index (κ1) is 10.5. The molecule has 1 rings (SSSR count). The summed E-state index contributed by atoms with van der Waals surface area (Å²) in [6.07, 6.45) is 1.36. The Morgan fingerprint density at radius 1 is 1.57 bits per heavy atom. The van der Waals surface area contributed by atoms with Crippen LogP contribution in [0.2, 0.25) is 0 Å². The van der Waals surface area contributed by atoms with E-state index in [9.17, 15) is 14.7 Å². The highest BCUT2D eigenvalue weighted by Gasteiger charge is 2.01. The standard InChI is InChI=1S/C9H9NO3S/c1-6(11)10-8(9(12)13)5-7-3-2-4-14-7/h2-5H,1H3,(H,10,11)(H,12,13)/p-1. The molecule has 1 aromatic heterocycles. The number of carboxylic acid groups (broad SMARTS) is 1. The summed E-state index contributed by atoms with van der Waals surface area (Å²) in [4.78, 5) is 22.0. The fourth-order valence-corrected chi connectivity index (χ4v) is 1.51. The van der Waals surface area contributed by atoms with Gasteiger partial charge in [-0.2, -0.15) is 0 Å². The highest BCUT2D eigenvalue weighted by molar-refractivity contribution is 7.10. The maximum Gasteiger partial charge on any atom is 0.221 e. The van der Waals surface area contributed by atoms with Crippen LogP contribution in [0.1, 0.15) is 11.8 Å². The van der Waals surface area contributed by atoms with Crippen LogP contribution in [0.3, 0.4) is 0 Å². The molecule has 1 N–H and O–H groups in total. The average Bonchev–Trinajstić information content (AvgIpc) is 2.54. The third-order valence-corrected chi connectivity index (χ3v) is 2.18. The van der Waals surface area contributed by atoms with Crippen molar-refractivity contribution in [3.8, 4) is 0 Å². The van der Waals surface area contributed by atoms with E-state index < -0.39 is 11.9 Å². The summed E-state index contributed by atoms with van der Waals surface area (Å²) in [5, 5.41) is 14.6. The van der Waals surface area contributed by atoms with Crippen LogP contribution in [-0.4, -0.2) is 11.9 Å². The zero-order valence-corrected chi connectivity index (χ0v) is 8.26. The lowest BCUT2D eigenvalue weighted by Crippen LogP contribution is -2.34. The van der Waals surface area contributed by atoms with E-state index in [1.807, 2.05) is 5.38 Å². The molecule has 0 atom stereocenters. The normalized spacial score (nSPS) is 11.1. The summed E-state index contributed by atoms with van der Waals surface area (Å²) in [6, 6.07) is 3.53. The van der Waals surface area contributed by atoms with E-state index in [0.29, 0.717) is 0 Å². The van der Waals surface area contributed by atoms with Gasteiger partial charge in [0.2, 0.25) is 5.91 Å². The van der Waals surface area contributed by atoms with Crippen LogP contribution in [0.5, 0.6) is 0 Å². The molecule has 0 aromatic carbocycles. The van der Waals surface area contributed by atoms with E-state index in [0.717, 1.165) is 4.88 Å². The molecule has 4 nitrogen and oxygen atoms in total. The lowest BCUT2D eigenvalue weighted by molar-refractivity contribution is -0.299. The van der Waals surface area contributed by atoms with Crippen molar-refractivity contribution in [2.45, 2.75) is 6.92 Å². The van der Waals surface area contributed by atoms with Gasteiger partial charge in [-0.1, -0.05) is 6.07 Å². The van der Waals surface area contributed by atoms with E-state index in [2.05, 4.69) is 5.32 Å². The summed E-state index contributed by atoms with van der Waals surface area (Å²) in [5.74, 6) is -1.83. The summed E-state index contributed by atoms with van der Waals surface area (Å²) in [7, 11) is 0. The molecule has 0 fully saturated rings. The van der Waals surface area contributed by atoms with Crippen molar-refractivity contribution in [2.24, 2.45) is 0 Å². The lowest BCUT2D eigenvalue weighted by Gasteiger charge is -2.07. The zero-order chi connectivity index (χ0) is 10.6. The molecule has 0 aliphatic carbocycles. The maximum absolute atomic E-state index is 10.6. The molecular formula is C9H8NO3S-. The molecule has 0 aliphatic heterocycles. The minimum Gasteiger partial charge on any atom is -0.543 e. The minimum atomic E-state index is -1.39. The second-order valence-electron chi connectivity index (χ2n) is 2.54. The van der Waals surface area contributed by atoms with Gasteiger partial charge < -0.3 is 15.2 Å². The first-order valence-electron chi connectivity index (χ1n) is 3.83. The SMILES string of the molecule is CC(=O)NC(=Cc1cccs1)C(=O)[O-]. The van der Waals surface area contributed by atoms with Crippen molar-refractivity contribution < 1.29 is 14.7 Å². The number of hydrogen-bond donors (Lipinski definition) is 1. The molecule has 1 aromatic rings. The van der Waals surface area contributed by atoms with Gasteiger partial charge in [0.25, 0.3) is 0 Å². The third kappa shape index (κ3) is 3.02. The van der Waals surface area contributed by atoms with Crippen LogP contribution >= 0.6 is 11.3 Å². The Bertz CT molecular complexity index is 367. The Morgan fingerprint density at radius 2 is 2.29 bits per heavy atom. The number of hydrogen-bond acceptors (Lipinski definition) is 4. The third-order valence-electron chi connectivity index (χ3n) is 1.36. The largest absolute Gasteiger partial charge is 0.543 e. The monoisotopic (exact) mass is 210 g/mol. The van der Waals surface area contributed by atoms with Crippen molar-refractivity contribution in [1.29, 1.82) is 0 Å². The van der Waals surface area contributed by atoms with Gasteiger partial charge >= 0.3 is 0 Å². The van der Waals surface area contributed by atoms with Gasteiger partial charge in [-0.15, -0.1) is 11.3 Å². The van der Waals surface area contributed by atoms with Crippen LogP contribution in [0.25, 0.3) is 6.08 Å². The molecule has 0 saturated carbocycles. The molecule has 14 heavy (non-hydrogen) atoms. The number of carboxylic acids is 1. The minimum absolute atomic E-state index is 0.222. The zero-order valence-electron chi connectivity index (χ0n) is 7.44. The summed E-state index contributed by atoms with van der Waals surface area (Å²) in [6.45, 7) is 1.24. The van der Waals surface area contributed by atoms with Crippen LogP contribution < -0.4 is 10.4 Å². The first-order chi connectivity index (χ1) is 6.59. The van der Waals surface area contributed by atoms with Crippen molar-refractivity contribution in [1.82, 2.24) is 5.32 Å². The van der Waals surface area contributed by atoms with E-state index in [-0.39, 0.29) is 5.70 Å². The Morgan fingerprint density at radius 3 is 2.71 bits per heavy atom. The number of nitrogens with one attached hydrogen (secondary N) is 1. The van der Waals surface area contributed by atoms with Crippen molar-refractivity contribution in [3.05, 3.63) is 28.1 Å². The van der Waals surface area contributed by atoms with Gasteiger partial charge in [0, 0.05) is 11.8 Å². The fraction of sp³-hybridized carbons (Fsp3) is 0.111. The van der Waals surface area contributed by atoms with E-state index in [4.69, 9.17) is 0 Å². The van der Waals surface area contributed by atoms with Crippen LogP contribution in [0.4, 0.5) is 0 Å². The summed E-state index contributed by atoms with van der Waals surface area (Å²) < 4.78 is 0. The molecule has 0 saturated heterocycles. The van der Waals surface area contributed by atoms with Gasteiger partial charge in [0.05, 0.1) is 11.7 Å². The molecule has 0 unspecified atom stereocenters. The molecule has 5 heteroatoms. The van der Waals surface area contributed by atoms with Gasteiger partial charge in [-0.05, 0) is 17.5 Å². The van der Waals surface area contributed by atoms with Crippen molar-refractivity contribution in [2.75, 3.05) is 0 Å². The number of amides is 1. The predicted molar refractivity (Wildman–Crippen MR) is 51.1 cm³/mol. The van der Waals surface area contributed by atoms with Crippen LogP contribution in [-0.2, 0) is 9.59 Å². The van der Waals surface area contributed by atoms with Gasteiger partial charge in [-0.3, -0.25) is 4.79 Å². The molecule has 0 spiro atoms. The van der Waals surface area contributed by atoms with E-state index >= 15 is 0 Å². The Hall–Kier alpha value is -1.62. The first-order valence-corrected chi connectivity index (χ1v) is 4.71. The quantitative estimate of drug-likeness (QED) is 0.712. The molecule has 0 radical (unpaired) electrons. The van der Waals surface area contributed by atoms with E-state index in [1.54, 1.807) is 12.1 Å². The maximum atomic E-state index is 10.6. The fourth-order valence-electron chi connectivity index (χ4n) is 0.851. The number of thiophene rings is 1. The van der Waals surface area contributed by atoms with Crippen LogP contribution in [0, 0.1) is 0 Å². The van der Waals surface area contributed by atoms with Crippen molar-refractivity contribution in [3.63, 3.8) is 0 Å². The Labute approximate surface area is 84.9 Å². The Kier molecular flexibility index (Phi) is 3.41. The second kappa shape index (κ2) is 4.57. The van der Waals surface area contributed by atoms with E-state index in [1.165, 1.54) is 24.3 Å². The summed E-state index contributed by atoms with van der Waals surface area (Å²) >= 11 is 1.38.